The van der Waals surface area contributed by atoms with Crippen LogP contribution in [0.5, 0.6) is 5.75 Å². The summed E-state index contributed by atoms with van der Waals surface area (Å²) in [7, 11) is 1.82. The highest BCUT2D eigenvalue weighted by Gasteiger charge is 2.29. The number of nitrogens with zero attached hydrogens (tertiary/aromatic N) is 1. The maximum atomic E-state index is 12.7. The van der Waals surface area contributed by atoms with Crippen LogP contribution in [-0.4, -0.2) is 37.0 Å². The molecule has 2 atom stereocenters. The van der Waals surface area contributed by atoms with Crippen LogP contribution in [-0.2, 0) is 4.79 Å². The van der Waals surface area contributed by atoms with E-state index in [1.165, 1.54) is 12.1 Å². The molecule has 0 bridgehead atoms. The van der Waals surface area contributed by atoms with E-state index in [9.17, 15) is 9.18 Å². The first-order valence-electron chi connectivity index (χ1n) is 7.45. The van der Waals surface area contributed by atoms with Crippen molar-refractivity contribution in [1.82, 2.24) is 4.90 Å². The molecule has 1 aliphatic rings. The van der Waals surface area contributed by atoms with Crippen LogP contribution in [0.25, 0.3) is 0 Å². The van der Waals surface area contributed by atoms with Crippen molar-refractivity contribution >= 4 is 5.91 Å². The molecule has 0 spiro atoms. The Balaban J connectivity index is 1.66. The lowest BCUT2D eigenvalue weighted by atomic mass is 10.1. The summed E-state index contributed by atoms with van der Waals surface area (Å²) in [5, 5.41) is 0. The third-order valence-corrected chi connectivity index (χ3v) is 3.92. The minimum absolute atomic E-state index is 0.0861. The van der Waals surface area contributed by atoms with Gasteiger partial charge in [0.15, 0.2) is 0 Å². The van der Waals surface area contributed by atoms with Gasteiger partial charge < -0.3 is 15.4 Å². The number of carbonyl (C=O) groups excluding carboxylic acids is 1. The molecule has 4 nitrogen and oxygen atoms in total. The number of hydrogen-bond acceptors (Lipinski definition) is 3. The maximum Gasteiger partial charge on any atom is 0.225 e. The first kappa shape index (κ1) is 15.8. The number of rotatable bonds is 6. The van der Waals surface area contributed by atoms with Crippen LogP contribution in [0.1, 0.15) is 25.7 Å². The Hall–Kier alpha value is -1.62. The van der Waals surface area contributed by atoms with Crippen LogP contribution in [0.2, 0.25) is 0 Å². The maximum absolute atomic E-state index is 12.7. The zero-order valence-electron chi connectivity index (χ0n) is 12.4. The Morgan fingerprint density at radius 1 is 1.38 bits per heavy atom. The van der Waals surface area contributed by atoms with Crippen molar-refractivity contribution in [2.75, 3.05) is 20.2 Å². The Kier molecular flexibility index (Phi) is 5.56. The van der Waals surface area contributed by atoms with Gasteiger partial charge in [0.05, 0.1) is 6.61 Å². The van der Waals surface area contributed by atoms with Crippen molar-refractivity contribution in [1.29, 1.82) is 0 Å². The predicted molar refractivity (Wildman–Crippen MR) is 79.5 cm³/mol. The van der Waals surface area contributed by atoms with E-state index in [0.29, 0.717) is 18.9 Å². The van der Waals surface area contributed by atoms with Crippen LogP contribution in [0, 0.1) is 11.7 Å². The van der Waals surface area contributed by atoms with Gasteiger partial charge in [0.1, 0.15) is 11.6 Å². The third kappa shape index (κ3) is 4.70. The average Bonchev–Trinajstić information content (AvgIpc) is 2.91. The van der Waals surface area contributed by atoms with Gasteiger partial charge in [-0.1, -0.05) is 0 Å². The lowest BCUT2D eigenvalue weighted by molar-refractivity contribution is -0.134. The lowest BCUT2D eigenvalue weighted by Crippen LogP contribution is -2.33. The highest BCUT2D eigenvalue weighted by Crippen LogP contribution is 2.25. The molecule has 0 saturated heterocycles. The Morgan fingerprint density at radius 3 is 2.71 bits per heavy atom. The van der Waals surface area contributed by atoms with E-state index < -0.39 is 0 Å². The van der Waals surface area contributed by atoms with E-state index in [0.717, 1.165) is 25.7 Å². The Labute approximate surface area is 125 Å². The van der Waals surface area contributed by atoms with Gasteiger partial charge >= 0.3 is 0 Å². The van der Waals surface area contributed by atoms with Gasteiger partial charge in [0, 0.05) is 25.6 Å². The van der Waals surface area contributed by atoms with Crippen LogP contribution >= 0.6 is 0 Å². The average molecular weight is 294 g/mol. The number of carbonyl (C=O) groups is 1. The van der Waals surface area contributed by atoms with Crippen molar-refractivity contribution in [2.24, 2.45) is 11.7 Å². The number of halogens is 1. The van der Waals surface area contributed by atoms with Crippen LogP contribution in [0.3, 0.4) is 0 Å². The van der Waals surface area contributed by atoms with E-state index in [2.05, 4.69) is 0 Å². The fraction of sp³-hybridized carbons (Fsp3) is 0.562. The largest absolute Gasteiger partial charge is 0.494 e. The SMILES string of the molecule is CN(CCCOc1ccc(F)cc1)C(=O)C1CCC(N)C1. The van der Waals surface area contributed by atoms with Crippen LogP contribution in [0.15, 0.2) is 24.3 Å². The molecule has 0 heterocycles. The minimum Gasteiger partial charge on any atom is -0.494 e. The van der Waals surface area contributed by atoms with Gasteiger partial charge in [-0.15, -0.1) is 0 Å². The van der Waals surface area contributed by atoms with Gasteiger partial charge in [-0.25, -0.2) is 4.39 Å². The van der Waals surface area contributed by atoms with Gasteiger partial charge in [0.25, 0.3) is 0 Å². The molecule has 1 fully saturated rings. The van der Waals surface area contributed by atoms with E-state index >= 15 is 0 Å². The zero-order chi connectivity index (χ0) is 15.2. The fourth-order valence-corrected chi connectivity index (χ4v) is 2.69. The van der Waals surface area contributed by atoms with Crippen molar-refractivity contribution in [3.05, 3.63) is 30.1 Å². The highest BCUT2D eigenvalue weighted by atomic mass is 19.1. The molecule has 0 radical (unpaired) electrons. The molecule has 2 rings (SSSR count). The molecule has 5 heteroatoms. The number of ether oxygens (including phenoxy) is 1. The summed E-state index contributed by atoms with van der Waals surface area (Å²) in [6.07, 6.45) is 3.39. The fourth-order valence-electron chi connectivity index (χ4n) is 2.69. The topological polar surface area (TPSA) is 55.6 Å². The molecule has 0 aromatic heterocycles. The van der Waals surface area contributed by atoms with Crippen LogP contribution < -0.4 is 10.5 Å². The molecule has 0 aliphatic heterocycles. The van der Waals surface area contributed by atoms with Gasteiger partial charge in [-0.2, -0.15) is 0 Å². The van der Waals surface area contributed by atoms with Gasteiger partial charge in [-0.05, 0) is 49.9 Å². The molecule has 2 N–H and O–H groups in total. The quantitative estimate of drug-likeness (QED) is 0.818. The van der Waals surface area contributed by atoms with Crippen LogP contribution in [0.4, 0.5) is 4.39 Å². The summed E-state index contributed by atoms with van der Waals surface area (Å²) in [4.78, 5) is 13.9. The normalized spacial score (nSPS) is 21.3. The second-order valence-corrected chi connectivity index (χ2v) is 5.69. The van der Waals surface area contributed by atoms with E-state index in [1.54, 1.807) is 17.0 Å². The van der Waals surface area contributed by atoms with Gasteiger partial charge in [-0.3, -0.25) is 4.79 Å². The zero-order valence-corrected chi connectivity index (χ0v) is 12.4. The van der Waals surface area contributed by atoms with Gasteiger partial charge in [0.2, 0.25) is 5.91 Å². The second-order valence-electron chi connectivity index (χ2n) is 5.69. The number of benzene rings is 1. The first-order chi connectivity index (χ1) is 10.1. The smallest absolute Gasteiger partial charge is 0.225 e. The number of amides is 1. The van der Waals surface area contributed by atoms with Crippen molar-refractivity contribution in [3.63, 3.8) is 0 Å². The summed E-state index contributed by atoms with van der Waals surface area (Å²) < 4.78 is 18.2. The number of nitrogens with two attached hydrogens (primary N) is 1. The first-order valence-corrected chi connectivity index (χ1v) is 7.45. The van der Waals surface area contributed by atoms with Crippen molar-refractivity contribution < 1.29 is 13.9 Å². The summed E-state index contributed by atoms with van der Waals surface area (Å²) >= 11 is 0. The molecule has 1 saturated carbocycles. The van der Waals surface area contributed by atoms with E-state index in [4.69, 9.17) is 10.5 Å². The Bertz CT molecular complexity index is 464. The van der Waals surface area contributed by atoms with E-state index in [-0.39, 0.29) is 23.7 Å². The highest BCUT2D eigenvalue weighted by molar-refractivity contribution is 5.78. The molecule has 2 unspecified atom stereocenters. The molecular weight excluding hydrogens is 271 g/mol. The van der Waals surface area contributed by atoms with Crippen molar-refractivity contribution in [2.45, 2.75) is 31.7 Å². The Morgan fingerprint density at radius 2 is 2.10 bits per heavy atom. The second kappa shape index (κ2) is 7.41. The summed E-state index contributed by atoms with van der Waals surface area (Å²) in [6, 6.07) is 6.12. The third-order valence-electron chi connectivity index (χ3n) is 3.92. The number of hydrogen-bond donors (Lipinski definition) is 1. The van der Waals surface area contributed by atoms with E-state index in [1.807, 2.05) is 7.05 Å². The summed E-state index contributed by atoms with van der Waals surface area (Å²) in [6.45, 7) is 1.17. The standard InChI is InChI=1S/C16H23FN2O2/c1-19(16(20)12-3-6-14(18)11-12)9-2-10-21-15-7-4-13(17)5-8-15/h4-5,7-8,12,14H,2-3,6,9-11,18H2,1H3. The molecule has 1 aliphatic carbocycles. The molecule has 21 heavy (non-hydrogen) atoms. The minimum atomic E-state index is -0.276. The predicted octanol–water partition coefficient (Wildman–Crippen LogP) is 2.18. The summed E-state index contributed by atoms with van der Waals surface area (Å²) in [5.41, 5.74) is 5.84. The lowest BCUT2D eigenvalue weighted by Gasteiger charge is -2.21. The molecule has 116 valence electrons. The molecule has 1 amide bonds. The molecular formula is C16H23FN2O2. The monoisotopic (exact) mass is 294 g/mol. The summed E-state index contributed by atoms with van der Waals surface area (Å²) in [5.74, 6) is 0.641. The van der Waals surface area contributed by atoms with Crippen molar-refractivity contribution in [3.8, 4) is 5.75 Å². The molecule has 1 aromatic carbocycles. The molecule has 1 aromatic rings.